The molecule has 0 aromatic heterocycles. The molecular formula is C18H22FN. The van der Waals surface area contributed by atoms with Gasteiger partial charge in [0.25, 0.3) is 0 Å². The quantitative estimate of drug-likeness (QED) is 0.680. The maximum Gasteiger partial charge on any atom is 0.108 e. The van der Waals surface area contributed by atoms with E-state index in [1.807, 2.05) is 18.2 Å². The Hall–Kier alpha value is -1.62. The van der Waals surface area contributed by atoms with Crippen molar-refractivity contribution in [3.63, 3.8) is 0 Å². The Balaban J connectivity index is 1.78. The smallest absolute Gasteiger partial charge is 0.108 e. The van der Waals surface area contributed by atoms with Crippen molar-refractivity contribution in [2.24, 2.45) is 5.92 Å². The first-order valence-electron chi connectivity index (χ1n) is 7.54. The van der Waals surface area contributed by atoms with Gasteiger partial charge in [0, 0.05) is 0 Å². The van der Waals surface area contributed by atoms with Gasteiger partial charge in [0.05, 0.1) is 11.6 Å². The molecular weight excluding hydrogens is 249 g/mol. The lowest BCUT2D eigenvalue weighted by Gasteiger charge is -2.28. The number of hydrogen-bond acceptors (Lipinski definition) is 1. The number of allylic oxidation sites excluding steroid dienone is 2. The van der Waals surface area contributed by atoms with Crippen LogP contribution >= 0.6 is 0 Å². The first-order chi connectivity index (χ1) is 9.83. The average Bonchev–Trinajstić information content (AvgIpc) is 2.52. The first kappa shape index (κ1) is 14.8. The summed E-state index contributed by atoms with van der Waals surface area (Å²) in [5.41, 5.74) is 2.11. The molecule has 106 valence electrons. The fraction of sp³-hybridized carbons (Fsp3) is 0.500. The second-order valence-corrected chi connectivity index (χ2v) is 5.65. The summed E-state index contributed by atoms with van der Waals surface area (Å²) < 4.78 is 11.9. The summed E-state index contributed by atoms with van der Waals surface area (Å²) in [7, 11) is 0. The van der Waals surface area contributed by atoms with E-state index >= 15 is 0 Å². The lowest BCUT2D eigenvalue weighted by molar-refractivity contribution is 0.312. The summed E-state index contributed by atoms with van der Waals surface area (Å²) in [6.45, 7) is -0.342. The van der Waals surface area contributed by atoms with E-state index in [0.29, 0.717) is 5.92 Å². The van der Waals surface area contributed by atoms with Crippen LogP contribution in [0.2, 0.25) is 0 Å². The summed E-state index contributed by atoms with van der Waals surface area (Å²) in [5, 5.41) is 8.82. The minimum absolute atomic E-state index is 0.342. The van der Waals surface area contributed by atoms with Gasteiger partial charge in [-0.15, -0.1) is 0 Å². The van der Waals surface area contributed by atoms with Gasteiger partial charge in [-0.3, -0.25) is 0 Å². The van der Waals surface area contributed by atoms with Crippen LogP contribution in [0.4, 0.5) is 4.39 Å². The molecule has 0 heterocycles. The van der Waals surface area contributed by atoms with Gasteiger partial charge in [-0.25, -0.2) is 4.39 Å². The largest absolute Gasteiger partial charge is 0.247 e. The Morgan fingerprint density at radius 1 is 1.10 bits per heavy atom. The Morgan fingerprint density at radius 2 is 1.80 bits per heavy atom. The minimum atomic E-state index is -0.342. The van der Waals surface area contributed by atoms with E-state index in [2.05, 4.69) is 18.2 Å². The van der Waals surface area contributed by atoms with Gasteiger partial charge in [0.2, 0.25) is 0 Å². The van der Waals surface area contributed by atoms with E-state index in [-0.39, 0.29) is 6.67 Å². The number of halogens is 1. The molecule has 0 unspecified atom stereocenters. The average molecular weight is 271 g/mol. The summed E-state index contributed by atoms with van der Waals surface area (Å²) in [5.74, 6) is 1.45. The van der Waals surface area contributed by atoms with Crippen LogP contribution in [0.15, 0.2) is 36.4 Å². The van der Waals surface area contributed by atoms with Crippen LogP contribution in [0.3, 0.4) is 0 Å². The normalized spacial score (nSPS) is 22.8. The van der Waals surface area contributed by atoms with Gasteiger partial charge in [-0.2, -0.15) is 5.26 Å². The zero-order chi connectivity index (χ0) is 14.2. The van der Waals surface area contributed by atoms with Gasteiger partial charge in [0.15, 0.2) is 0 Å². The maximum absolute atomic E-state index is 11.9. The fourth-order valence-corrected chi connectivity index (χ4v) is 3.13. The van der Waals surface area contributed by atoms with Crippen LogP contribution in [0, 0.1) is 17.2 Å². The monoisotopic (exact) mass is 271 g/mol. The van der Waals surface area contributed by atoms with Crippen molar-refractivity contribution in [3.05, 3.63) is 47.5 Å². The predicted octanol–water partition coefficient (Wildman–Crippen LogP) is 5.14. The topological polar surface area (TPSA) is 23.8 Å². The molecule has 0 spiro atoms. The number of rotatable bonds is 5. The Bertz CT molecular complexity index is 461. The molecule has 0 radical (unpaired) electrons. The Kier molecular flexibility index (Phi) is 5.80. The molecule has 0 aliphatic heterocycles. The molecule has 0 N–H and O–H groups in total. The van der Waals surface area contributed by atoms with Crippen LogP contribution in [0.25, 0.3) is 0 Å². The number of benzene rings is 1. The number of nitriles is 1. The van der Waals surface area contributed by atoms with Gasteiger partial charge < -0.3 is 0 Å². The molecule has 1 aromatic rings. The second kappa shape index (κ2) is 7.85. The molecule has 1 fully saturated rings. The highest BCUT2D eigenvalue weighted by Gasteiger charge is 2.21. The van der Waals surface area contributed by atoms with Gasteiger partial charge >= 0.3 is 0 Å². The van der Waals surface area contributed by atoms with Crippen LogP contribution in [0.1, 0.15) is 55.6 Å². The minimum Gasteiger partial charge on any atom is -0.247 e. The van der Waals surface area contributed by atoms with Gasteiger partial charge in [0.1, 0.15) is 6.67 Å². The highest BCUT2D eigenvalue weighted by molar-refractivity contribution is 5.33. The van der Waals surface area contributed by atoms with E-state index < -0.39 is 0 Å². The molecule has 0 atom stereocenters. The summed E-state index contributed by atoms with van der Waals surface area (Å²) in [6.07, 6.45) is 10.8. The number of alkyl halides is 1. The summed E-state index contributed by atoms with van der Waals surface area (Å²) in [4.78, 5) is 0. The maximum atomic E-state index is 11.9. The van der Waals surface area contributed by atoms with Gasteiger partial charge in [-0.05, 0) is 68.1 Å². The van der Waals surface area contributed by atoms with Gasteiger partial charge in [-0.1, -0.05) is 24.3 Å². The molecule has 1 nitrogen and oxygen atoms in total. The molecule has 1 aliphatic carbocycles. The Labute approximate surface area is 121 Å². The molecule has 1 aromatic carbocycles. The van der Waals surface area contributed by atoms with E-state index in [0.717, 1.165) is 17.9 Å². The highest BCUT2D eigenvalue weighted by atomic mass is 19.1. The van der Waals surface area contributed by atoms with E-state index in [1.165, 1.54) is 37.7 Å². The second-order valence-electron chi connectivity index (χ2n) is 5.65. The van der Waals surface area contributed by atoms with Crippen molar-refractivity contribution < 1.29 is 4.39 Å². The third-order valence-electron chi connectivity index (χ3n) is 4.36. The number of nitrogens with zero attached hydrogens (tertiary/aromatic N) is 1. The predicted molar refractivity (Wildman–Crippen MR) is 80.2 cm³/mol. The lowest BCUT2D eigenvalue weighted by atomic mass is 9.77. The van der Waals surface area contributed by atoms with Crippen LogP contribution < -0.4 is 0 Å². The van der Waals surface area contributed by atoms with Crippen molar-refractivity contribution in [3.8, 4) is 6.07 Å². The molecule has 1 saturated carbocycles. The van der Waals surface area contributed by atoms with E-state index in [1.54, 1.807) is 6.08 Å². The van der Waals surface area contributed by atoms with Crippen molar-refractivity contribution >= 4 is 0 Å². The third kappa shape index (κ3) is 4.20. The zero-order valence-corrected chi connectivity index (χ0v) is 11.9. The molecule has 20 heavy (non-hydrogen) atoms. The molecule has 0 saturated heterocycles. The molecule has 0 amide bonds. The first-order valence-corrected chi connectivity index (χ1v) is 7.54. The van der Waals surface area contributed by atoms with Crippen LogP contribution in [0.5, 0.6) is 0 Å². The van der Waals surface area contributed by atoms with Crippen LogP contribution in [-0.2, 0) is 0 Å². The molecule has 2 heteroatoms. The third-order valence-corrected chi connectivity index (χ3v) is 4.36. The summed E-state index contributed by atoms with van der Waals surface area (Å²) in [6, 6.07) is 10.2. The Morgan fingerprint density at radius 3 is 2.40 bits per heavy atom. The standard InChI is InChI=1S/C18H22FN/c19-13-3-1-2-4-15-5-9-17(10-6-15)18-11-7-16(14-20)8-12-18/h1,3,7-8,11-12,15,17H,2,4-6,9-10,13H2/b3-1+/t15-,17-. The highest BCUT2D eigenvalue weighted by Crippen LogP contribution is 2.37. The van der Waals surface area contributed by atoms with E-state index in [9.17, 15) is 4.39 Å². The summed E-state index contributed by atoms with van der Waals surface area (Å²) >= 11 is 0. The van der Waals surface area contributed by atoms with Crippen molar-refractivity contribution in [2.75, 3.05) is 6.67 Å². The van der Waals surface area contributed by atoms with Crippen LogP contribution in [-0.4, -0.2) is 6.67 Å². The zero-order valence-electron chi connectivity index (χ0n) is 11.9. The fourth-order valence-electron chi connectivity index (χ4n) is 3.13. The van der Waals surface area contributed by atoms with E-state index in [4.69, 9.17) is 5.26 Å². The molecule has 0 bridgehead atoms. The molecule has 2 rings (SSSR count). The van der Waals surface area contributed by atoms with Crippen molar-refractivity contribution in [1.29, 1.82) is 5.26 Å². The lowest BCUT2D eigenvalue weighted by Crippen LogP contribution is -2.13. The van der Waals surface area contributed by atoms with Crippen molar-refractivity contribution in [2.45, 2.75) is 44.4 Å². The number of hydrogen-bond donors (Lipinski definition) is 0. The molecule has 1 aliphatic rings. The SMILES string of the molecule is N#Cc1ccc([C@H]2CC[C@H](CC/C=C/CF)CC2)cc1. The van der Waals surface area contributed by atoms with Crippen molar-refractivity contribution in [1.82, 2.24) is 0 Å².